The van der Waals surface area contributed by atoms with Gasteiger partial charge in [-0.2, -0.15) is 26.3 Å². The van der Waals surface area contributed by atoms with Gasteiger partial charge in [-0.05, 0) is 60.7 Å². The lowest BCUT2D eigenvalue weighted by Crippen LogP contribution is -2.53. The number of piperazine rings is 1. The van der Waals surface area contributed by atoms with Crippen LogP contribution >= 0.6 is 0 Å². The summed E-state index contributed by atoms with van der Waals surface area (Å²) in [6.07, 6.45) is -7.11. The molecule has 1 fully saturated rings. The first-order valence-electron chi connectivity index (χ1n) is 14.2. The third-order valence-electron chi connectivity index (χ3n) is 7.98. The second kappa shape index (κ2) is 13.1. The molecule has 2 aromatic carbocycles. The summed E-state index contributed by atoms with van der Waals surface area (Å²) in [5, 5.41) is 2.98. The molecular formula is C32H36F6N4O. The number of carbonyl (C=O) groups is 1. The molecule has 0 bridgehead atoms. The van der Waals surface area contributed by atoms with Crippen LogP contribution in [0.3, 0.4) is 0 Å². The van der Waals surface area contributed by atoms with Crippen molar-refractivity contribution in [1.82, 2.24) is 20.1 Å². The van der Waals surface area contributed by atoms with E-state index in [9.17, 15) is 31.1 Å². The second-order valence-electron chi connectivity index (χ2n) is 11.5. The fraction of sp³-hybridized carbons (Fsp3) is 0.438. The number of aromatic nitrogens is 1. The maximum absolute atomic E-state index is 13.5. The number of alkyl halides is 6. The number of amides is 1. The molecule has 1 aliphatic rings. The van der Waals surface area contributed by atoms with Gasteiger partial charge in [-0.1, -0.05) is 48.5 Å². The van der Waals surface area contributed by atoms with Crippen molar-refractivity contribution in [1.29, 1.82) is 0 Å². The van der Waals surface area contributed by atoms with Crippen LogP contribution in [0.4, 0.5) is 26.3 Å². The SMILES string of the molecule is CC(C)NC(=O)C[C@H]1CN(Cc2ccncc2)CCN1Cc1ccc(-c2ccc(C(C)(C(F)(F)F)C(F)(F)F)cc2)cc1. The first kappa shape index (κ1) is 32.5. The van der Waals surface area contributed by atoms with Crippen LogP contribution in [0.2, 0.25) is 0 Å². The van der Waals surface area contributed by atoms with Crippen LogP contribution in [-0.2, 0) is 23.3 Å². The van der Waals surface area contributed by atoms with Crippen molar-refractivity contribution in [2.45, 2.75) is 70.1 Å². The zero-order valence-corrected chi connectivity index (χ0v) is 24.3. The molecule has 0 unspecified atom stereocenters. The van der Waals surface area contributed by atoms with Crippen LogP contribution in [0, 0.1) is 0 Å². The van der Waals surface area contributed by atoms with Crippen molar-refractivity contribution in [2.24, 2.45) is 0 Å². The molecule has 4 rings (SSSR count). The van der Waals surface area contributed by atoms with Crippen molar-refractivity contribution in [3.05, 3.63) is 89.7 Å². The van der Waals surface area contributed by atoms with Gasteiger partial charge < -0.3 is 5.32 Å². The van der Waals surface area contributed by atoms with Crippen LogP contribution in [0.5, 0.6) is 0 Å². The molecule has 0 saturated carbocycles. The molecule has 1 saturated heterocycles. The number of hydrogen-bond acceptors (Lipinski definition) is 4. The molecule has 5 nitrogen and oxygen atoms in total. The highest BCUT2D eigenvalue weighted by Crippen LogP contribution is 2.51. The van der Waals surface area contributed by atoms with Crippen molar-refractivity contribution < 1.29 is 31.1 Å². The molecule has 43 heavy (non-hydrogen) atoms. The van der Waals surface area contributed by atoms with Gasteiger partial charge in [-0.15, -0.1) is 0 Å². The van der Waals surface area contributed by atoms with Crippen LogP contribution < -0.4 is 5.32 Å². The highest BCUT2D eigenvalue weighted by Gasteiger charge is 2.68. The Bertz CT molecular complexity index is 1330. The zero-order chi connectivity index (χ0) is 31.4. The lowest BCUT2D eigenvalue weighted by Gasteiger charge is -2.41. The zero-order valence-electron chi connectivity index (χ0n) is 24.3. The van der Waals surface area contributed by atoms with Crippen LogP contribution in [0.15, 0.2) is 73.1 Å². The van der Waals surface area contributed by atoms with Gasteiger partial charge in [0.05, 0.1) is 0 Å². The lowest BCUT2D eigenvalue weighted by molar-refractivity contribution is -0.297. The van der Waals surface area contributed by atoms with Gasteiger partial charge in [0.25, 0.3) is 0 Å². The quantitative estimate of drug-likeness (QED) is 0.275. The van der Waals surface area contributed by atoms with Crippen LogP contribution in [0.1, 0.15) is 43.9 Å². The predicted molar refractivity (Wildman–Crippen MR) is 153 cm³/mol. The van der Waals surface area contributed by atoms with Gasteiger partial charge in [0, 0.05) is 63.6 Å². The van der Waals surface area contributed by atoms with Crippen LogP contribution in [-0.4, -0.2) is 64.8 Å². The first-order valence-corrected chi connectivity index (χ1v) is 14.2. The third kappa shape index (κ3) is 7.75. The molecule has 1 atom stereocenters. The Balaban J connectivity index is 1.47. The Labute approximate surface area is 247 Å². The molecule has 11 heteroatoms. The van der Waals surface area contributed by atoms with E-state index < -0.39 is 23.3 Å². The van der Waals surface area contributed by atoms with E-state index in [1.165, 1.54) is 12.1 Å². The molecule has 0 spiro atoms. The molecule has 0 aliphatic carbocycles. The largest absolute Gasteiger partial charge is 0.406 e. The van der Waals surface area contributed by atoms with E-state index in [4.69, 9.17) is 0 Å². The van der Waals surface area contributed by atoms with Gasteiger partial charge in [-0.3, -0.25) is 19.6 Å². The van der Waals surface area contributed by atoms with Crippen molar-refractivity contribution in [3.63, 3.8) is 0 Å². The minimum absolute atomic E-state index is 0.0123. The monoisotopic (exact) mass is 606 g/mol. The van der Waals surface area contributed by atoms with E-state index in [0.717, 1.165) is 42.9 Å². The molecule has 2 heterocycles. The number of hydrogen-bond donors (Lipinski definition) is 1. The number of rotatable bonds is 9. The number of halogens is 6. The minimum atomic E-state index is -5.49. The Hall–Kier alpha value is -3.44. The molecule has 232 valence electrons. The molecular weight excluding hydrogens is 570 g/mol. The van der Waals surface area contributed by atoms with Gasteiger partial charge in [0.1, 0.15) is 0 Å². The highest BCUT2D eigenvalue weighted by molar-refractivity contribution is 5.76. The standard InChI is InChI=1S/C32H36F6N4O/c1-22(2)40-29(43)18-28-21-41(19-24-12-14-39-15-13-24)16-17-42(28)20-23-4-6-25(7-5-23)26-8-10-27(11-9-26)30(3,31(33,34)35)32(36,37)38/h4-15,22,28H,16-21H2,1-3H3,(H,40,43)/t28-/m0/s1. The lowest BCUT2D eigenvalue weighted by atomic mass is 9.80. The fourth-order valence-electron chi connectivity index (χ4n) is 5.37. The van der Waals surface area contributed by atoms with Crippen molar-refractivity contribution >= 4 is 5.91 Å². The Kier molecular flexibility index (Phi) is 9.86. The summed E-state index contributed by atoms with van der Waals surface area (Å²) in [6.45, 7) is 7.66. The number of nitrogens with zero attached hydrogens (tertiary/aromatic N) is 3. The van der Waals surface area contributed by atoms with Gasteiger partial charge in [0.2, 0.25) is 5.91 Å². The maximum atomic E-state index is 13.5. The first-order chi connectivity index (χ1) is 20.2. The van der Waals surface area contributed by atoms with Crippen molar-refractivity contribution in [3.8, 4) is 11.1 Å². The highest BCUT2D eigenvalue weighted by atomic mass is 19.4. The van der Waals surface area contributed by atoms with Gasteiger partial charge >= 0.3 is 12.4 Å². The van der Waals surface area contributed by atoms with E-state index in [2.05, 4.69) is 20.1 Å². The van der Waals surface area contributed by atoms with E-state index in [1.807, 2.05) is 38.1 Å². The number of benzene rings is 2. The normalized spacial score (nSPS) is 17.3. The summed E-state index contributed by atoms with van der Waals surface area (Å²) in [6, 6.07) is 15.7. The summed E-state index contributed by atoms with van der Waals surface area (Å²) >= 11 is 0. The summed E-state index contributed by atoms with van der Waals surface area (Å²) in [5.74, 6) is -0.0123. The van der Waals surface area contributed by atoms with Gasteiger partial charge in [0.15, 0.2) is 5.41 Å². The van der Waals surface area contributed by atoms with Crippen LogP contribution in [0.25, 0.3) is 11.1 Å². The Morgan fingerprint density at radius 2 is 1.37 bits per heavy atom. The number of carbonyl (C=O) groups excluding carboxylic acids is 1. The van der Waals surface area contributed by atoms with E-state index in [1.54, 1.807) is 24.5 Å². The summed E-state index contributed by atoms with van der Waals surface area (Å²) in [7, 11) is 0. The molecule has 1 N–H and O–H groups in total. The number of nitrogens with one attached hydrogen (secondary N) is 1. The molecule has 0 radical (unpaired) electrons. The van der Waals surface area contributed by atoms with Crippen molar-refractivity contribution in [2.75, 3.05) is 19.6 Å². The van der Waals surface area contributed by atoms with E-state index in [0.29, 0.717) is 30.6 Å². The van der Waals surface area contributed by atoms with E-state index in [-0.39, 0.29) is 24.9 Å². The number of pyridine rings is 1. The van der Waals surface area contributed by atoms with E-state index >= 15 is 0 Å². The molecule has 1 aromatic heterocycles. The second-order valence-corrected chi connectivity index (χ2v) is 11.5. The summed E-state index contributed by atoms with van der Waals surface area (Å²) in [4.78, 5) is 21.4. The summed E-state index contributed by atoms with van der Waals surface area (Å²) in [5.41, 5.74) is -1.50. The molecule has 1 amide bonds. The Morgan fingerprint density at radius 1 is 0.837 bits per heavy atom. The Morgan fingerprint density at radius 3 is 1.91 bits per heavy atom. The molecule has 3 aromatic rings. The average molecular weight is 607 g/mol. The average Bonchev–Trinajstić information content (AvgIpc) is 2.93. The smallest absolute Gasteiger partial charge is 0.354 e. The minimum Gasteiger partial charge on any atom is -0.354 e. The molecule has 1 aliphatic heterocycles. The topological polar surface area (TPSA) is 48.5 Å². The summed E-state index contributed by atoms with van der Waals surface area (Å²) < 4.78 is 80.8. The van der Waals surface area contributed by atoms with Gasteiger partial charge in [-0.25, -0.2) is 0 Å². The maximum Gasteiger partial charge on any atom is 0.406 e. The predicted octanol–water partition coefficient (Wildman–Crippen LogP) is 6.73. The fourth-order valence-corrected chi connectivity index (χ4v) is 5.37. The third-order valence-corrected chi connectivity index (χ3v) is 7.98.